The van der Waals surface area contributed by atoms with Crippen LogP contribution in [0.1, 0.15) is 25.0 Å². The number of aromatic nitrogens is 2. The van der Waals surface area contributed by atoms with Crippen molar-refractivity contribution in [1.82, 2.24) is 14.9 Å². The van der Waals surface area contributed by atoms with Crippen LogP contribution >= 0.6 is 0 Å². The first-order valence-corrected chi connectivity index (χ1v) is 11.4. The van der Waals surface area contributed by atoms with Crippen molar-refractivity contribution in [3.8, 4) is 0 Å². The van der Waals surface area contributed by atoms with Crippen LogP contribution < -0.4 is 27.2 Å². The maximum Gasteiger partial charge on any atom is 0.355 e. The highest BCUT2D eigenvalue weighted by Gasteiger charge is 2.25. The number of H-pyrrole nitrogens is 1. The van der Waals surface area contributed by atoms with E-state index in [2.05, 4.69) is 10.3 Å². The van der Waals surface area contributed by atoms with E-state index in [1.807, 2.05) is 6.07 Å². The Hall–Kier alpha value is -4.93. The fourth-order valence-corrected chi connectivity index (χ4v) is 3.55. The summed E-state index contributed by atoms with van der Waals surface area (Å²) in [5, 5.41) is 2.39. The van der Waals surface area contributed by atoms with E-state index >= 15 is 0 Å². The largest absolute Gasteiger partial charge is 0.451 e. The van der Waals surface area contributed by atoms with Crippen molar-refractivity contribution in [2.75, 3.05) is 23.8 Å². The van der Waals surface area contributed by atoms with Crippen LogP contribution in [-0.4, -0.2) is 40.5 Å². The van der Waals surface area contributed by atoms with Gasteiger partial charge in [0.1, 0.15) is 11.5 Å². The minimum Gasteiger partial charge on any atom is -0.451 e. The number of hydrogen-bond acceptors (Lipinski definition) is 7. The van der Waals surface area contributed by atoms with Gasteiger partial charge in [0.2, 0.25) is 5.91 Å². The average molecular weight is 506 g/mol. The van der Waals surface area contributed by atoms with Crippen LogP contribution in [0.2, 0.25) is 0 Å². The predicted molar refractivity (Wildman–Crippen MR) is 139 cm³/mol. The molecule has 1 heterocycles. The number of likely N-dealkylation sites (N-methyl/N-ethyl adjacent to an activating group) is 1. The van der Waals surface area contributed by atoms with Gasteiger partial charge in [-0.25, -0.2) is 9.59 Å². The Morgan fingerprint density at radius 2 is 1.68 bits per heavy atom. The quantitative estimate of drug-likeness (QED) is 0.292. The number of anilines is 2. The number of nitrogens with two attached hydrogens (primary N) is 1. The Morgan fingerprint density at radius 1 is 1.05 bits per heavy atom. The predicted octanol–water partition coefficient (Wildman–Crippen LogP) is 1.24. The normalized spacial score (nSPS) is 11.0. The van der Waals surface area contributed by atoms with E-state index in [1.54, 1.807) is 61.5 Å². The first kappa shape index (κ1) is 26.7. The van der Waals surface area contributed by atoms with Gasteiger partial charge in [0.05, 0.1) is 6.54 Å². The summed E-state index contributed by atoms with van der Waals surface area (Å²) in [6.07, 6.45) is 1.41. The Labute approximate surface area is 212 Å². The zero-order valence-electron chi connectivity index (χ0n) is 20.4. The highest BCUT2D eigenvalue weighted by molar-refractivity contribution is 6.01. The standard InChI is InChI=1S/C26H27N5O6/c1-3-30(22-23(27)31(26(36)29-24(22)34)15-19-12-8-5-9-13-19)21(33)16-37-25(35)20(28-17(2)32)14-18-10-6-4-7-11-18/h4-14H,3,15-16,27H2,1-2H3,(H,28,32)(H,29,34,36)/b20-14-. The summed E-state index contributed by atoms with van der Waals surface area (Å²) >= 11 is 0. The topological polar surface area (TPSA) is 157 Å². The third kappa shape index (κ3) is 6.82. The maximum atomic E-state index is 13.0. The van der Waals surface area contributed by atoms with Gasteiger partial charge in [-0.05, 0) is 24.1 Å². The fourth-order valence-electron chi connectivity index (χ4n) is 3.55. The number of esters is 1. The number of rotatable bonds is 9. The summed E-state index contributed by atoms with van der Waals surface area (Å²) in [6, 6.07) is 17.7. The van der Waals surface area contributed by atoms with E-state index in [4.69, 9.17) is 10.5 Å². The molecule has 1 aromatic heterocycles. The molecule has 2 amide bonds. The molecule has 0 unspecified atom stereocenters. The lowest BCUT2D eigenvalue weighted by atomic mass is 10.2. The molecule has 0 radical (unpaired) electrons. The SMILES string of the molecule is CCN(C(=O)COC(=O)/C(=C/c1ccccc1)NC(C)=O)c1c(N)n(Cc2ccccc2)c(=O)[nH]c1=O. The van der Waals surface area contributed by atoms with Crippen LogP contribution in [0.4, 0.5) is 11.5 Å². The summed E-state index contributed by atoms with van der Waals surface area (Å²) in [5.41, 5.74) is 5.59. The Morgan fingerprint density at radius 3 is 2.27 bits per heavy atom. The zero-order chi connectivity index (χ0) is 26.9. The van der Waals surface area contributed by atoms with Gasteiger partial charge in [-0.3, -0.25) is 23.9 Å². The molecule has 0 fully saturated rings. The molecule has 37 heavy (non-hydrogen) atoms. The first-order chi connectivity index (χ1) is 17.7. The van der Waals surface area contributed by atoms with Crippen molar-refractivity contribution < 1.29 is 19.1 Å². The molecule has 11 nitrogen and oxygen atoms in total. The second-order valence-corrected chi connectivity index (χ2v) is 7.93. The number of ether oxygens (including phenoxy) is 1. The molecule has 4 N–H and O–H groups in total. The van der Waals surface area contributed by atoms with Gasteiger partial charge < -0.3 is 20.7 Å². The number of nitrogens with one attached hydrogen (secondary N) is 2. The second kappa shape index (κ2) is 12.2. The van der Waals surface area contributed by atoms with Crippen molar-refractivity contribution in [1.29, 1.82) is 0 Å². The molecule has 3 rings (SSSR count). The van der Waals surface area contributed by atoms with Gasteiger partial charge in [0.15, 0.2) is 12.3 Å². The molecule has 0 saturated heterocycles. The Kier molecular flexibility index (Phi) is 8.76. The lowest BCUT2D eigenvalue weighted by Gasteiger charge is -2.23. The maximum absolute atomic E-state index is 13.0. The fraction of sp³-hybridized carbons (Fsp3) is 0.192. The number of benzene rings is 2. The number of amides is 2. The second-order valence-electron chi connectivity index (χ2n) is 7.93. The lowest BCUT2D eigenvalue weighted by Crippen LogP contribution is -2.43. The van der Waals surface area contributed by atoms with Gasteiger partial charge in [0.25, 0.3) is 11.5 Å². The van der Waals surface area contributed by atoms with Gasteiger partial charge in [-0.1, -0.05) is 60.7 Å². The molecule has 0 aliphatic carbocycles. The number of nitrogen functional groups attached to an aromatic ring is 1. The van der Waals surface area contributed by atoms with E-state index in [0.717, 1.165) is 15.0 Å². The summed E-state index contributed by atoms with van der Waals surface area (Å²) in [5.74, 6) is -2.40. The van der Waals surface area contributed by atoms with Gasteiger partial charge in [-0.2, -0.15) is 0 Å². The molecule has 192 valence electrons. The number of nitrogens with zero attached hydrogens (tertiary/aromatic N) is 2. The molecular formula is C26H27N5O6. The number of carbonyl (C=O) groups excluding carboxylic acids is 3. The number of carbonyl (C=O) groups is 3. The summed E-state index contributed by atoms with van der Waals surface area (Å²) in [6.45, 7) is 2.17. The molecule has 0 aliphatic rings. The molecule has 0 atom stereocenters. The lowest BCUT2D eigenvalue weighted by molar-refractivity contribution is -0.144. The smallest absolute Gasteiger partial charge is 0.355 e. The van der Waals surface area contributed by atoms with Crippen LogP contribution in [0, 0.1) is 0 Å². The molecule has 0 bridgehead atoms. The molecule has 11 heteroatoms. The molecular weight excluding hydrogens is 478 g/mol. The van der Waals surface area contributed by atoms with E-state index in [-0.39, 0.29) is 30.3 Å². The minimum absolute atomic E-state index is 0.00557. The monoisotopic (exact) mass is 505 g/mol. The van der Waals surface area contributed by atoms with E-state index in [1.165, 1.54) is 13.0 Å². The number of aromatic amines is 1. The zero-order valence-corrected chi connectivity index (χ0v) is 20.4. The summed E-state index contributed by atoms with van der Waals surface area (Å²) < 4.78 is 6.28. The molecule has 2 aromatic carbocycles. The van der Waals surface area contributed by atoms with Crippen LogP contribution in [0.3, 0.4) is 0 Å². The minimum atomic E-state index is -0.945. The molecule has 0 saturated carbocycles. The number of hydrogen-bond donors (Lipinski definition) is 3. The summed E-state index contributed by atoms with van der Waals surface area (Å²) in [7, 11) is 0. The van der Waals surface area contributed by atoms with E-state index in [9.17, 15) is 24.0 Å². The highest BCUT2D eigenvalue weighted by Crippen LogP contribution is 2.18. The van der Waals surface area contributed by atoms with Crippen LogP contribution in [-0.2, 0) is 25.7 Å². The van der Waals surface area contributed by atoms with Crippen molar-refractivity contribution in [2.24, 2.45) is 0 Å². The van der Waals surface area contributed by atoms with Crippen molar-refractivity contribution >= 4 is 35.4 Å². The van der Waals surface area contributed by atoms with Crippen molar-refractivity contribution in [3.05, 3.63) is 98.3 Å². The van der Waals surface area contributed by atoms with Crippen LogP contribution in [0.25, 0.3) is 6.08 Å². The van der Waals surface area contributed by atoms with E-state index < -0.39 is 35.6 Å². The third-order valence-electron chi connectivity index (χ3n) is 5.25. The molecule has 3 aromatic rings. The van der Waals surface area contributed by atoms with Crippen molar-refractivity contribution in [2.45, 2.75) is 20.4 Å². The van der Waals surface area contributed by atoms with Crippen LogP contribution in [0.15, 0.2) is 75.9 Å². The molecule has 0 aliphatic heterocycles. The van der Waals surface area contributed by atoms with E-state index in [0.29, 0.717) is 5.56 Å². The van der Waals surface area contributed by atoms with Gasteiger partial charge >= 0.3 is 11.7 Å². The van der Waals surface area contributed by atoms with Gasteiger partial charge in [-0.15, -0.1) is 0 Å². The first-order valence-electron chi connectivity index (χ1n) is 11.4. The van der Waals surface area contributed by atoms with Crippen molar-refractivity contribution in [3.63, 3.8) is 0 Å². The third-order valence-corrected chi connectivity index (χ3v) is 5.25. The highest BCUT2D eigenvalue weighted by atomic mass is 16.5. The molecule has 0 spiro atoms. The Bertz CT molecular complexity index is 1430. The Balaban J connectivity index is 1.83. The van der Waals surface area contributed by atoms with Crippen LogP contribution in [0.5, 0.6) is 0 Å². The van der Waals surface area contributed by atoms with Gasteiger partial charge in [0, 0.05) is 13.5 Å². The average Bonchev–Trinajstić information content (AvgIpc) is 2.88. The summed E-state index contributed by atoms with van der Waals surface area (Å²) in [4.78, 5) is 65.5.